The van der Waals surface area contributed by atoms with Crippen LogP contribution in [0.25, 0.3) is 0 Å². The van der Waals surface area contributed by atoms with Gasteiger partial charge in [-0.1, -0.05) is 6.08 Å². The summed E-state index contributed by atoms with van der Waals surface area (Å²) < 4.78 is 38.6. The number of aliphatic hydroxyl groups excluding tert-OH is 1. The van der Waals surface area contributed by atoms with Crippen LogP contribution in [-0.4, -0.2) is 40.4 Å². The van der Waals surface area contributed by atoms with Gasteiger partial charge in [0.1, 0.15) is 0 Å². The van der Waals surface area contributed by atoms with Crippen LogP contribution in [0.1, 0.15) is 20.3 Å². The third-order valence-electron chi connectivity index (χ3n) is 3.87. The highest BCUT2D eigenvalue weighted by Gasteiger charge is 2.40. The van der Waals surface area contributed by atoms with Crippen LogP contribution in [0, 0.1) is 5.92 Å². The van der Waals surface area contributed by atoms with Crippen molar-refractivity contribution in [3.8, 4) is 0 Å². The minimum atomic E-state index is -4.33. The van der Waals surface area contributed by atoms with Crippen molar-refractivity contribution in [2.75, 3.05) is 7.05 Å². The lowest BCUT2D eigenvalue weighted by molar-refractivity contribution is -0.162. The Morgan fingerprint density at radius 1 is 1.33 bits per heavy atom. The second-order valence-corrected chi connectivity index (χ2v) is 5.22. The molecule has 0 aromatic rings. The first-order valence-corrected chi connectivity index (χ1v) is 6.51. The van der Waals surface area contributed by atoms with Crippen molar-refractivity contribution in [2.24, 2.45) is 5.92 Å². The quantitative estimate of drug-likeness (QED) is 0.808. The smallest absolute Gasteiger partial charge is 0.356 e. The first-order valence-electron chi connectivity index (χ1n) is 6.51. The summed E-state index contributed by atoms with van der Waals surface area (Å²) in [6.45, 7) is 3.19. The van der Waals surface area contributed by atoms with E-state index >= 15 is 0 Å². The van der Waals surface area contributed by atoms with Crippen molar-refractivity contribution in [2.45, 2.75) is 32.8 Å². The summed E-state index contributed by atoms with van der Waals surface area (Å²) >= 11 is 0. The van der Waals surface area contributed by atoms with E-state index < -0.39 is 18.4 Å². The van der Waals surface area contributed by atoms with Crippen molar-refractivity contribution in [1.29, 1.82) is 0 Å². The second-order valence-electron chi connectivity index (χ2n) is 5.22. The average molecular weight is 302 g/mol. The molecular formula is C14H17F3N2O2. The third kappa shape index (κ3) is 2.70. The molecule has 0 fully saturated rings. The van der Waals surface area contributed by atoms with Gasteiger partial charge in [0.2, 0.25) is 6.35 Å². The maximum atomic E-state index is 12.9. The van der Waals surface area contributed by atoms with Crippen LogP contribution in [-0.2, 0) is 4.79 Å². The van der Waals surface area contributed by atoms with Gasteiger partial charge in [0.25, 0.3) is 5.91 Å². The summed E-state index contributed by atoms with van der Waals surface area (Å²) in [5.41, 5.74) is 1.09. The van der Waals surface area contributed by atoms with E-state index in [-0.39, 0.29) is 18.0 Å². The number of rotatable bonds is 1. The summed E-state index contributed by atoms with van der Waals surface area (Å²) in [5, 5.41) is 10.2. The van der Waals surface area contributed by atoms with Gasteiger partial charge < -0.3 is 10.0 Å². The van der Waals surface area contributed by atoms with Gasteiger partial charge in [0.15, 0.2) is 0 Å². The van der Waals surface area contributed by atoms with E-state index in [0.29, 0.717) is 11.3 Å². The van der Waals surface area contributed by atoms with E-state index in [2.05, 4.69) is 0 Å². The lowest BCUT2D eigenvalue weighted by Gasteiger charge is -2.42. The zero-order chi connectivity index (χ0) is 15.9. The third-order valence-corrected chi connectivity index (χ3v) is 3.87. The van der Waals surface area contributed by atoms with Crippen molar-refractivity contribution in [3.63, 3.8) is 0 Å². The molecule has 0 aromatic heterocycles. The molecule has 2 unspecified atom stereocenters. The molecule has 1 aliphatic carbocycles. The lowest BCUT2D eigenvalue weighted by Crippen LogP contribution is -2.52. The van der Waals surface area contributed by atoms with Crippen LogP contribution < -0.4 is 0 Å². The Balaban J connectivity index is 2.42. The summed E-state index contributed by atoms with van der Waals surface area (Å²) in [4.78, 5) is 14.3. The van der Waals surface area contributed by atoms with Gasteiger partial charge in [-0.3, -0.25) is 9.69 Å². The minimum Gasteiger partial charge on any atom is -0.356 e. The zero-order valence-corrected chi connectivity index (χ0v) is 12.0. The normalized spacial score (nSPS) is 27.4. The molecule has 2 rings (SSSR count). The predicted octanol–water partition coefficient (Wildman–Crippen LogP) is 2.35. The number of amides is 1. The minimum absolute atomic E-state index is 0.118. The Morgan fingerprint density at radius 3 is 2.52 bits per heavy atom. The van der Waals surface area contributed by atoms with Gasteiger partial charge >= 0.3 is 6.18 Å². The maximum Gasteiger partial charge on any atom is 0.395 e. The number of nitrogens with zero attached hydrogens (tertiary/aromatic N) is 2. The molecule has 0 aromatic carbocycles. The molecule has 116 valence electrons. The second kappa shape index (κ2) is 5.22. The van der Waals surface area contributed by atoms with E-state index in [0.717, 1.165) is 11.0 Å². The number of allylic oxidation sites excluding steroid dienone is 4. The number of hydrogen-bond acceptors (Lipinski definition) is 3. The van der Waals surface area contributed by atoms with Crippen LogP contribution >= 0.6 is 0 Å². The van der Waals surface area contributed by atoms with Crippen LogP contribution in [0.15, 0.2) is 35.2 Å². The molecule has 2 atom stereocenters. The standard InChI is InChI=1S/C14H17F3N2O2/c1-8-9(2)19(13(21)18(3)12(8)20)11-6-4-5-10(7-11)14(15,16)17/h4,6-7,10,13,21H,5H2,1-3H3. The van der Waals surface area contributed by atoms with Crippen molar-refractivity contribution >= 4 is 5.91 Å². The van der Waals surface area contributed by atoms with Gasteiger partial charge in [-0.25, -0.2) is 0 Å². The highest BCUT2D eigenvalue weighted by Crippen LogP contribution is 2.36. The van der Waals surface area contributed by atoms with Gasteiger partial charge in [-0.2, -0.15) is 13.2 Å². The van der Waals surface area contributed by atoms with E-state index in [9.17, 15) is 23.1 Å². The maximum absolute atomic E-state index is 12.9. The number of halogens is 3. The molecule has 1 N–H and O–H groups in total. The molecule has 4 nitrogen and oxygen atoms in total. The molecule has 1 aliphatic heterocycles. The molecule has 1 amide bonds. The molecule has 21 heavy (non-hydrogen) atoms. The van der Waals surface area contributed by atoms with Gasteiger partial charge in [0.05, 0.1) is 5.92 Å². The van der Waals surface area contributed by atoms with Gasteiger partial charge in [0, 0.05) is 24.0 Å². The van der Waals surface area contributed by atoms with Crippen molar-refractivity contribution in [1.82, 2.24) is 9.80 Å². The fourth-order valence-electron chi connectivity index (χ4n) is 2.43. The van der Waals surface area contributed by atoms with Crippen LogP contribution in [0.3, 0.4) is 0 Å². The number of carbonyl (C=O) groups excluding carboxylic acids is 1. The highest BCUT2D eigenvalue weighted by atomic mass is 19.4. The Labute approximate surface area is 120 Å². The van der Waals surface area contributed by atoms with E-state index in [4.69, 9.17) is 0 Å². The fraction of sp³-hybridized carbons (Fsp3) is 0.500. The molecule has 0 saturated carbocycles. The Hall–Kier alpha value is -1.76. The molecule has 0 radical (unpaired) electrons. The number of alkyl halides is 3. The first kappa shape index (κ1) is 15.6. The summed E-state index contributed by atoms with van der Waals surface area (Å²) in [5.74, 6) is -1.93. The first-order chi connectivity index (χ1) is 9.64. The fourth-order valence-corrected chi connectivity index (χ4v) is 2.43. The van der Waals surface area contributed by atoms with Crippen molar-refractivity contribution < 1.29 is 23.1 Å². The van der Waals surface area contributed by atoms with Crippen LogP contribution in [0.4, 0.5) is 13.2 Å². The Morgan fingerprint density at radius 2 is 1.95 bits per heavy atom. The van der Waals surface area contributed by atoms with Crippen LogP contribution in [0.2, 0.25) is 0 Å². The Bertz CT molecular complexity index is 549. The molecular weight excluding hydrogens is 285 g/mol. The molecule has 7 heteroatoms. The van der Waals surface area contributed by atoms with Gasteiger partial charge in [-0.15, -0.1) is 0 Å². The number of likely N-dealkylation sites (N-methyl/N-ethyl adjacent to an activating group) is 1. The number of aliphatic hydroxyl groups is 1. The predicted molar refractivity (Wildman–Crippen MR) is 70.4 cm³/mol. The SMILES string of the molecule is CC1=C(C)N(C2=CC(C(F)(F)F)CC=C2)C(O)N(C)C1=O. The van der Waals surface area contributed by atoms with E-state index in [1.807, 2.05) is 0 Å². The summed E-state index contributed by atoms with van der Waals surface area (Å²) in [6.07, 6.45) is -1.71. The number of hydrogen-bond donors (Lipinski definition) is 1. The van der Waals surface area contributed by atoms with E-state index in [1.165, 1.54) is 24.1 Å². The highest BCUT2D eigenvalue weighted by molar-refractivity contribution is 5.94. The molecule has 1 heterocycles. The molecule has 0 saturated heterocycles. The molecule has 0 bridgehead atoms. The lowest BCUT2D eigenvalue weighted by atomic mass is 9.97. The van der Waals surface area contributed by atoms with Crippen molar-refractivity contribution in [3.05, 3.63) is 35.2 Å². The largest absolute Gasteiger partial charge is 0.395 e. The molecule has 0 spiro atoms. The monoisotopic (exact) mass is 302 g/mol. The zero-order valence-electron chi connectivity index (χ0n) is 12.0. The summed E-state index contributed by atoms with van der Waals surface area (Å²) in [7, 11) is 1.41. The summed E-state index contributed by atoms with van der Waals surface area (Å²) in [6, 6.07) is 0. The average Bonchev–Trinajstić information content (AvgIpc) is 2.43. The molecule has 2 aliphatic rings. The Kier molecular flexibility index (Phi) is 3.88. The van der Waals surface area contributed by atoms with Crippen LogP contribution in [0.5, 0.6) is 0 Å². The van der Waals surface area contributed by atoms with Gasteiger partial charge in [-0.05, 0) is 32.4 Å². The van der Waals surface area contributed by atoms with E-state index in [1.54, 1.807) is 13.8 Å². The number of carbonyl (C=O) groups is 1. The topological polar surface area (TPSA) is 43.8 Å².